The van der Waals surface area contributed by atoms with Gasteiger partial charge in [0.2, 0.25) is 0 Å². The number of imide groups is 1. The first-order valence-corrected chi connectivity index (χ1v) is 9.05. The van der Waals surface area contributed by atoms with Crippen molar-refractivity contribution in [2.45, 2.75) is 26.4 Å². The van der Waals surface area contributed by atoms with Crippen molar-refractivity contribution < 1.29 is 23.9 Å². The zero-order valence-corrected chi connectivity index (χ0v) is 15.6. The molecule has 0 aromatic heterocycles. The van der Waals surface area contributed by atoms with E-state index in [0.717, 1.165) is 16.7 Å². The molecule has 1 aliphatic heterocycles. The van der Waals surface area contributed by atoms with E-state index < -0.39 is 17.1 Å². The number of hydrogen-bond donors (Lipinski definition) is 0. The van der Waals surface area contributed by atoms with Gasteiger partial charge in [0.25, 0.3) is 11.1 Å². The number of rotatable bonds is 8. The van der Waals surface area contributed by atoms with Crippen molar-refractivity contribution in [3.8, 4) is 5.75 Å². The molecule has 0 radical (unpaired) electrons. The third kappa shape index (κ3) is 4.98. The summed E-state index contributed by atoms with van der Waals surface area (Å²) >= 11 is 0.791. The summed E-state index contributed by atoms with van der Waals surface area (Å²) in [5, 5.41) is -0.494. The second kappa shape index (κ2) is 9.24. The summed E-state index contributed by atoms with van der Waals surface area (Å²) in [5.74, 6) is -0.535. The molecule has 26 heavy (non-hydrogen) atoms. The van der Waals surface area contributed by atoms with Crippen LogP contribution < -0.4 is 4.74 Å². The van der Waals surface area contributed by atoms with Gasteiger partial charge in [0.15, 0.2) is 0 Å². The minimum absolute atomic E-state index is 0.237. The summed E-state index contributed by atoms with van der Waals surface area (Å²) in [4.78, 5) is 37.6. The van der Waals surface area contributed by atoms with Gasteiger partial charge in [0.05, 0.1) is 11.0 Å². The van der Waals surface area contributed by atoms with Crippen LogP contribution in [-0.4, -0.2) is 41.3 Å². The molecule has 6 nitrogen and oxygen atoms in total. The molecule has 1 atom stereocenters. The number of ether oxygens (including phenoxy) is 2. The number of carbonyl (C=O) groups excluding carboxylic acids is 3. The molecular formula is C19H21NO5S. The number of benzene rings is 1. The Bertz CT molecular complexity index is 743. The quantitative estimate of drug-likeness (QED) is 0.392. The fourth-order valence-electron chi connectivity index (χ4n) is 2.13. The number of hydrogen-bond acceptors (Lipinski definition) is 6. The summed E-state index contributed by atoms with van der Waals surface area (Å²) in [5.41, 5.74) is 0.669. The van der Waals surface area contributed by atoms with Crippen LogP contribution in [0.25, 0.3) is 6.08 Å². The number of amides is 2. The molecule has 2 rings (SSSR count). The Labute approximate surface area is 156 Å². The van der Waals surface area contributed by atoms with Crippen LogP contribution in [-0.2, 0) is 14.3 Å². The molecular weight excluding hydrogens is 354 g/mol. The highest BCUT2D eigenvalue weighted by molar-refractivity contribution is 8.18. The molecule has 138 valence electrons. The Hall–Kier alpha value is -2.54. The van der Waals surface area contributed by atoms with Gasteiger partial charge in [-0.3, -0.25) is 19.3 Å². The summed E-state index contributed by atoms with van der Waals surface area (Å²) in [6.45, 7) is 7.18. The van der Waals surface area contributed by atoms with Crippen molar-refractivity contribution in [2.75, 3.05) is 13.2 Å². The third-order valence-corrected chi connectivity index (χ3v) is 4.54. The number of esters is 1. The van der Waals surface area contributed by atoms with Crippen LogP contribution in [0.4, 0.5) is 4.79 Å². The Kier molecular flexibility index (Phi) is 7.03. The average Bonchev–Trinajstić information content (AvgIpc) is 2.88. The molecule has 1 fully saturated rings. The van der Waals surface area contributed by atoms with Crippen LogP contribution >= 0.6 is 11.8 Å². The van der Waals surface area contributed by atoms with E-state index in [-0.39, 0.29) is 17.6 Å². The maximum atomic E-state index is 12.5. The molecule has 2 amide bonds. The van der Waals surface area contributed by atoms with Gasteiger partial charge >= 0.3 is 5.97 Å². The molecule has 7 heteroatoms. The van der Waals surface area contributed by atoms with Gasteiger partial charge in [-0.1, -0.05) is 37.8 Å². The smallest absolute Gasteiger partial charge is 0.326 e. The van der Waals surface area contributed by atoms with E-state index in [1.54, 1.807) is 37.3 Å². The maximum Gasteiger partial charge on any atom is 0.326 e. The van der Waals surface area contributed by atoms with Crippen LogP contribution in [0.15, 0.2) is 41.8 Å². The van der Waals surface area contributed by atoms with Gasteiger partial charge < -0.3 is 9.47 Å². The van der Waals surface area contributed by atoms with Crippen LogP contribution in [0.2, 0.25) is 0 Å². The molecule has 1 saturated heterocycles. The number of para-hydroxylation sites is 1. The largest absolute Gasteiger partial charge is 0.489 e. The summed E-state index contributed by atoms with van der Waals surface area (Å²) < 4.78 is 10.7. The monoisotopic (exact) mass is 375 g/mol. The first-order chi connectivity index (χ1) is 12.5. The molecule has 0 saturated carbocycles. The molecule has 1 heterocycles. The molecule has 1 aromatic rings. The summed E-state index contributed by atoms with van der Waals surface area (Å²) in [6, 6.07) is 7.17. The van der Waals surface area contributed by atoms with E-state index in [1.807, 2.05) is 13.0 Å². The molecule has 0 bridgehead atoms. The van der Waals surface area contributed by atoms with E-state index in [0.29, 0.717) is 24.3 Å². The van der Waals surface area contributed by atoms with Gasteiger partial charge in [-0.2, -0.15) is 0 Å². The molecule has 1 aliphatic rings. The predicted molar refractivity (Wildman–Crippen MR) is 101 cm³/mol. The lowest BCUT2D eigenvalue weighted by Gasteiger charge is -2.14. The highest BCUT2D eigenvalue weighted by Crippen LogP contribution is 2.33. The zero-order chi connectivity index (χ0) is 19.1. The molecule has 0 aliphatic carbocycles. The minimum atomic E-state index is -0.599. The topological polar surface area (TPSA) is 72.9 Å². The maximum absolute atomic E-state index is 12.5. The second-order valence-corrected chi connectivity index (χ2v) is 6.61. The Morgan fingerprint density at radius 3 is 2.77 bits per heavy atom. The van der Waals surface area contributed by atoms with Gasteiger partial charge in [0, 0.05) is 5.56 Å². The van der Waals surface area contributed by atoms with Crippen molar-refractivity contribution in [2.24, 2.45) is 0 Å². The lowest BCUT2D eigenvalue weighted by Crippen LogP contribution is -2.35. The minimum Gasteiger partial charge on any atom is -0.489 e. The van der Waals surface area contributed by atoms with E-state index in [9.17, 15) is 14.4 Å². The van der Waals surface area contributed by atoms with Gasteiger partial charge in [-0.25, -0.2) is 0 Å². The van der Waals surface area contributed by atoms with E-state index in [4.69, 9.17) is 9.47 Å². The molecule has 0 spiro atoms. The average molecular weight is 375 g/mol. The highest BCUT2D eigenvalue weighted by atomic mass is 32.2. The third-order valence-electron chi connectivity index (χ3n) is 3.63. The van der Waals surface area contributed by atoms with Crippen LogP contribution in [0.5, 0.6) is 5.75 Å². The zero-order valence-electron chi connectivity index (χ0n) is 14.8. The van der Waals surface area contributed by atoms with Crippen LogP contribution in [0.3, 0.4) is 0 Å². The van der Waals surface area contributed by atoms with Crippen LogP contribution in [0.1, 0.15) is 25.8 Å². The van der Waals surface area contributed by atoms with Gasteiger partial charge in [-0.05, 0) is 37.2 Å². The fourth-order valence-corrected chi connectivity index (χ4v) is 2.96. The molecule has 1 aromatic carbocycles. The first kappa shape index (κ1) is 19.8. The van der Waals surface area contributed by atoms with Gasteiger partial charge in [0.1, 0.15) is 18.9 Å². The predicted octanol–water partition coefficient (Wildman–Crippen LogP) is 3.63. The van der Waals surface area contributed by atoms with Crippen molar-refractivity contribution in [3.63, 3.8) is 0 Å². The summed E-state index contributed by atoms with van der Waals surface area (Å²) in [6.07, 6.45) is 3.61. The Morgan fingerprint density at radius 2 is 2.08 bits per heavy atom. The van der Waals surface area contributed by atoms with E-state index >= 15 is 0 Å². The summed E-state index contributed by atoms with van der Waals surface area (Å²) in [7, 11) is 0. The fraction of sp³-hybridized carbons (Fsp3) is 0.316. The number of thioether (sulfide) groups is 1. The number of carbonyl (C=O) groups is 3. The second-order valence-electron chi connectivity index (χ2n) is 5.61. The highest BCUT2D eigenvalue weighted by Gasteiger charge is 2.37. The standard InChI is InChI=1S/C19H21NO5S/c1-4-10-24-15-9-7-6-8-14(15)11-16-18(22)20(19(23)26-16)12-17(21)25-13(3)5-2/h4,6-9,11,13H,1,5,10,12H2,2-3H3/b16-11-/t13-/m0/s1. The normalized spacial score (nSPS) is 16.7. The molecule has 0 N–H and O–H groups in total. The number of nitrogens with zero attached hydrogens (tertiary/aromatic N) is 1. The lowest BCUT2D eigenvalue weighted by molar-refractivity contribution is -0.150. The Morgan fingerprint density at radius 1 is 1.35 bits per heavy atom. The Balaban J connectivity index is 2.14. The first-order valence-electron chi connectivity index (χ1n) is 8.23. The SMILES string of the molecule is C=CCOc1ccccc1/C=C1\SC(=O)N(CC(=O)O[C@@H](C)CC)C1=O. The van der Waals surface area contributed by atoms with Gasteiger partial charge in [-0.15, -0.1) is 0 Å². The van der Waals surface area contributed by atoms with Crippen molar-refractivity contribution >= 4 is 35.0 Å². The van der Waals surface area contributed by atoms with Crippen molar-refractivity contribution in [1.29, 1.82) is 0 Å². The van der Waals surface area contributed by atoms with Crippen molar-refractivity contribution in [3.05, 3.63) is 47.4 Å². The van der Waals surface area contributed by atoms with Crippen LogP contribution in [0, 0.1) is 0 Å². The van der Waals surface area contributed by atoms with E-state index in [2.05, 4.69) is 6.58 Å². The van der Waals surface area contributed by atoms with Crippen molar-refractivity contribution in [1.82, 2.24) is 4.90 Å². The lowest BCUT2D eigenvalue weighted by atomic mass is 10.2. The van der Waals surface area contributed by atoms with E-state index in [1.165, 1.54) is 0 Å². The molecule has 0 unspecified atom stereocenters.